The van der Waals surface area contributed by atoms with E-state index in [1.165, 1.54) is 11.1 Å². The first kappa shape index (κ1) is 8.85. The van der Waals surface area contributed by atoms with E-state index in [0.29, 0.717) is 0 Å². The summed E-state index contributed by atoms with van der Waals surface area (Å²) < 4.78 is 0. The van der Waals surface area contributed by atoms with E-state index in [4.69, 9.17) is 5.73 Å². The first-order chi connectivity index (χ1) is 5.79. The molecular weight excluding hydrogens is 146 g/mol. The van der Waals surface area contributed by atoms with Crippen LogP contribution in [0.2, 0.25) is 0 Å². The molecule has 0 fully saturated rings. The van der Waals surface area contributed by atoms with Crippen molar-refractivity contribution in [3.05, 3.63) is 42.0 Å². The molecule has 0 saturated heterocycles. The summed E-state index contributed by atoms with van der Waals surface area (Å²) in [6.45, 7) is 5.84. The predicted molar refractivity (Wildman–Crippen MR) is 54.1 cm³/mol. The normalized spacial score (nSPS) is 9.75. The molecule has 0 bridgehead atoms. The average Bonchev–Trinajstić information content (AvgIpc) is 2.05. The van der Waals surface area contributed by atoms with Crippen LogP contribution in [0.25, 0.3) is 0 Å². The van der Waals surface area contributed by atoms with E-state index in [2.05, 4.69) is 19.6 Å². The fraction of sp³-hybridized carbons (Fsp3) is 0.273. The zero-order valence-electron chi connectivity index (χ0n) is 7.51. The second-order valence-corrected chi connectivity index (χ2v) is 2.83. The van der Waals surface area contributed by atoms with E-state index in [9.17, 15) is 0 Å². The maximum atomic E-state index is 5.83. The van der Waals surface area contributed by atoms with E-state index < -0.39 is 0 Å². The molecule has 1 heteroatoms. The Morgan fingerprint density at radius 1 is 1.50 bits per heavy atom. The lowest BCUT2D eigenvalue weighted by Gasteiger charge is -2.07. The number of benzene rings is 1. The topological polar surface area (TPSA) is 26.0 Å². The lowest BCUT2D eigenvalue weighted by Crippen LogP contribution is -1.97. The maximum absolute atomic E-state index is 5.83. The van der Waals surface area contributed by atoms with E-state index in [-0.39, 0.29) is 0 Å². The van der Waals surface area contributed by atoms with Crippen LogP contribution in [0, 0.1) is 0 Å². The largest absolute Gasteiger partial charge is 0.398 e. The third-order valence-corrected chi connectivity index (χ3v) is 2.03. The smallest absolute Gasteiger partial charge is 0.0349 e. The number of nitrogens with two attached hydrogens (primary N) is 1. The van der Waals surface area contributed by atoms with Gasteiger partial charge in [0.15, 0.2) is 0 Å². The third kappa shape index (κ3) is 1.67. The molecule has 0 aliphatic heterocycles. The Morgan fingerprint density at radius 2 is 2.25 bits per heavy atom. The van der Waals surface area contributed by atoms with Crippen molar-refractivity contribution in [2.45, 2.75) is 19.8 Å². The van der Waals surface area contributed by atoms with Gasteiger partial charge in [-0.05, 0) is 30.0 Å². The highest BCUT2D eigenvalue weighted by molar-refractivity contribution is 5.51. The minimum absolute atomic E-state index is 0.900. The van der Waals surface area contributed by atoms with E-state index >= 15 is 0 Å². The summed E-state index contributed by atoms with van der Waals surface area (Å²) >= 11 is 0. The Hall–Kier alpha value is -1.24. The fourth-order valence-corrected chi connectivity index (χ4v) is 1.43. The van der Waals surface area contributed by atoms with E-state index in [0.717, 1.165) is 18.5 Å². The minimum atomic E-state index is 0.900. The molecule has 12 heavy (non-hydrogen) atoms. The van der Waals surface area contributed by atoms with Gasteiger partial charge in [-0.3, -0.25) is 0 Å². The molecule has 0 unspecified atom stereocenters. The van der Waals surface area contributed by atoms with E-state index in [1.807, 2.05) is 18.2 Å². The van der Waals surface area contributed by atoms with Gasteiger partial charge in [-0.1, -0.05) is 25.1 Å². The van der Waals surface area contributed by atoms with Crippen molar-refractivity contribution in [3.8, 4) is 0 Å². The molecule has 1 rings (SSSR count). The SMILES string of the molecule is C=CCc1cccc(N)c1CC. The molecule has 0 aliphatic carbocycles. The molecule has 0 atom stereocenters. The van der Waals surface area contributed by atoms with Crippen molar-refractivity contribution in [2.75, 3.05) is 5.73 Å². The molecule has 64 valence electrons. The Bertz CT molecular complexity index is 276. The van der Waals surface area contributed by atoms with Crippen molar-refractivity contribution < 1.29 is 0 Å². The molecule has 0 aliphatic rings. The molecule has 0 heterocycles. The summed E-state index contributed by atoms with van der Waals surface area (Å²) in [6, 6.07) is 6.05. The first-order valence-corrected chi connectivity index (χ1v) is 4.26. The van der Waals surface area contributed by atoms with Crippen LogP contribution in [0.15, 0.2) is 30.9 Å². The van der Waals surface area contributed by atoms with Gasteiger partial charge in [-0.2, -0.15) is 0 Å². The minimum Gasteiger partial charge on any atom is -0.398 e. The molecule has 0 saturated carbocycles. The van der Waals surface area contributed by atoms with Gasteiger partial charge in [0.2, 0.25) is 0 Å². The predicted octanol–water partition coefficient (Wildman–Crippen LogP) is 2.56. The second-order valence-electron chi connectivity index (χ2n) is 2.83. The average molecular weight is 161 g/mol. The monoisotopic (exact) mass is 161 g/mol. The molecule has 0 radical (unpaired) electrons. The first-order valence-electron chi connectivity index (χ1n) is 4.26. The van der Waals surface area contributed by atoms with E-state index in [1.54, 1.807) is 0 Å². The van der Waals surface area contributed by atoms with Crippen LogP contribution in [-0.2, 0) is 12.8 Å². The maximum Gasteiger partial charge on any atom is 0.0349 e. The Labute approximate surface area is 73.9 Å². The van der Waals surface area contributed by atoms with Crippen molar-refractivity contribution in [1.82, 2.24) is 0 Å². The zero-order chi connectivity index (χ0) is 8.97. The van der Waals surface area contributed by atoms with Crippen LogP contribution in [0.4, 0.5) is 5.69 Å². The summed E-state index contributed by atoms with van der Waals surface area (Å²) in [5.41, 5.74) is 9.29. The third-order valence-electron chi connectivity index (χ3n) is 2.03. The highest BCUT2D eigenvalue weighted by Gasteiger charge is 2.01. The number of hydrogen-bond acceptors (Lipinski definition) is 1. The number of hydrogen-bond donors (Lipinski definition) is 1. The molecule has 0 amide bonds. The summed E-state index contributed by atoms with van der Waals surface area (Å²) in [4.78, 5) is 0. The van der Waals surface area contributed by atoms with Crippen molar-refractivity contribution in [1.29, 1.82) is 0 Å². The van der Waals surface area contributed by atoms with Crippen molar-refractivity contribution in [2.24, 2.45) is 0 Å². The summed E-state index contributed by atoms with van der Waals surface area (Å²) in [7, 11) is 0. The van der Waals surface area contributed by atoms with Crippen LogP contribution in [0.1, 0.15) is 18.1 Å². The van der Waals surface area contributed by atoms with Gasteiger partial charge in [-0.15, -0.1) is 6.58 Å². The van der Waals surface area contributed by atoms with Gasteiger partial charge in [0.25, 0.3) is 0 Å². The van der Waals surface area contributed by atoms with Crippen LogP contribution in [-0.4, -0.2) is 0 Å². The van der Waals surface area contributed by atoms with Crippen molar-refractivity contribution >= 4 is 5.69 Å². The number of anilines is 1. The molecule has 1 nitrogen and oxygen atoms in total. The van der Waals surface area contributed by atoms with Gasteiger partial charge in [0.05, 0.1) is 0 Å². The number of rotatable bonds is 3. The molecule has 0 spiro atoms. The molecule has 1 aromatic carbocycles. The quantitative estimate of drug-likeness (QED) is 0.535. The molecule has 2 N–H and O–H groups in total. The highest BCUT2D eigenvalue weighted by atomic mass is 14.6. The van der Waals surface area contributed by atoms with Crippen LogP contribution < -0.4 is 5.73 Å². The molecule has 0 aromatic heterocycles. The van der Waals surface area contributed by atoms with Gasteiger partial charge in [0, 0.05) is 5.69 Å². The van der Waals surface area contributed by atoms with Gasteiger partial charge in [-0.25, -0.2) is 0 Å². The second kappa shape index (κ2) is 3.96. The van der Waals surface area contributed by atoms with Gasteiger partial charge < -0.3 is 5.73 Å². The molecular formula is C11H15N. The standard InChI is InChI=1S/C11H15N/c1-3-6-9-7-5-8-11(12)10(9)4-2/h3,5,7-8H,1,4,6,12H2,2H3. The number of nitrogen functional groups attached to an aromatic ring is 1. The van der Waals surface area contributed by atoms with Gasteiger partial charge >= 0.3 is 0 Å². The summed E-state index contributed by atoms with van der Waals surface area (Å²) in [6.07, 6.45) is 3.82. The lowest BCUT2D eigenvalue weighted by molar-refractivity contribution is 1.08. The van der Waals surface area contributed by atoms with Gasteiger partial charge in [0.1, 0.15) is 0 Å². The molecule has 1 aromatic rings. The Kier molecular flexibility index (Phi) is 2.92. The zero-order valence-corrected chi connectivity index (χ0v) is 7.51. The highest BCUT2D eigenvalue weighted by Crippen LogP contribution is 2.18. The number of allylic oxidation sites excluding steroid dienone is 1. The Balaban J connectivity index is 3.08. The Morgan fingerprint density at radius 3 is 2.83 bits per heavy atom. The summed E-state index contributed by atoms with van der Waals surface area (Å²) in [5, 5.41) is 0. The van der Waals surface area contributed by atoms with Crippen LogP contribution >= 0.6 is 0 Å². The van der Waals surface area contributed by atoms with Crippen LogP contribution in [0.3, 0.4) is 0 Å². The van der Waals surface area contributed by atoms with Crippen molar-refractivity contribution in [3.63, 3.8) is 0 Å². The van der Waals surface area contributed by atoms with Crippen LogP contribution in [0.5, 0.6) is 0 Å². The lowest BCUT2D eigenvalue weighted by atomic mass is 10.0. The summed E-state index contributed by atoms with van der Waals surface area (Å²) in [5.74, 6) is 0. The fourth-order valence-electron chi connectivity index (χ4n) is 1.43.